The Morgan fingerprint density at radius 2 is 1.96 bits per heavy atom. The Kier molecular flexibility index (Phi) is 3.62. The summed E-state index contributed by atoms with van der Waals surface area (Å²) in [5.74, 6) is 0.332. The van der Waals surface area contributed by atoms with Crippen molar-refractivity contribution in [1.82, 2.24) is 5.16 Å². The van der Waals surface area contributed by atoms with Crippen molar-refractivity contribution >= 4 is 23.2 Å². The van der Waals surface area contributed by atoms with E-state index in [1.54, 1.807) is 17.0 Å². The third-order valence-electron chi connectivity index (χ3n) is 4.29. The number of carbonyl (C=O) groups is 1. The third kappa shape index (κ3) is 2.39. The van der Waals surface area contributed by atoms with E-state index in [1.165, 1.54) is 5.56 Å². The highest BCUT2D eigenvalue weighted by Gasteiger charge is 2.32. The Balaban J connectivity index is 1.68. The lowest BCUT2D eigenvalue weighted by Gasteiger charge is -2.21. The summed E-state index contributed by atoms with van der Waals surface area (Å²) in [7, 11) is 0. The minimum absolute atomic E-state index is 0.0929. The maximum atomic E-state index is 12.9. The van der Waals surface area contributed by atoms with E-state index < -0.39 is 0 Å². The molecule has 2 aromatic carbocycles. The molecular formula is C19H15ClN2O2. The fourth-order valence-electron chi connectivity index (χ4n) is 3.16. The number of anilines is 1. The number of hydrogen-bond acceptors (Lipinski definition) is 3. The van der Waals surface area contributed by atoms with Crippen molar-refractivity contribution in [2.24, 2.45) is 0 Å². The number of benzene rings is 2. The Labute approximate surface area is 144 Å². The van der Waals surface area contributed by atoms with Crippen LogP contribution in [0.25, 0.3) is 11.3 Å². The van der Waals surface area contributed by atoms with E-state index in [9.17, 15) is 4.79 Å². The SMILES string of the molecule is CC1Cc2ccccc2N1C(=O)c1cc(-c2ccccc2Cl)on1. The number of aromatic nitrogens is 1. The van der Waals surface area contributed by atoms with Gasteiger partial charge in [-0.1, -0.05) is 47.1 Å². The van der Waals surface area contributed by atoms with E-state index >= 15 is 0 Å². The van der Waals surface area contributed by atoms with E-state index in [0.717, 1.165) is 17.7 Å². The molecule has 3 aromatic rings. The van der Waals surface area contributed by atoms with Crippen LogP contribution < -0.4 is 4.90 Å². The number of hydrogen-bond donors (Lipinski definition) is 0. The molecule has 0 fully saturated rings. The lowest BCUT2D eigenvalue weighted by molar-refractivity contribution is 0.0973. The van der Waals surface area contributed by atoms with E-state index in [0.29, 0.717) is 10.8 Å². The number of amides is 1. The molecule has 0 aliphatic carbocycles. The molecule has 4 nitrogen and oxygen atoms in total. The van der Waals surface area contributed by atoms with Gasteiger partial charge in [0.1, 0.15) is 0 Å². The first kappa shape index (κ1) is 15.0. The molecule has 1 aliphatic heterocycles. The summed E-state index contributed by atoms with van der Waals surface area (Å²) < 4.78 is 5.35. The van der Waals surface area contributed by atoms with Gasteiger partial charge in [-0.3, -0.25) is 4.79 Å². The quantitative estimate of drug-likeness (QED) is 0.686. The molecule has 0 saturated carbocycles. The van der Waals surface area contributed by atoms with Crippen molar-refractivity contribution < 1.29 is 9.32 Å². The highest BCUT2D eigenvalue weighted by Crippen LogP contribution is 2.34. The highest BCUT2D eigenvalue weighted by molar-refractivity contribution is 6.33. The van der Waals surface area contributed by atoms with Crippen LogP contribution in [-0.2, 0) is 6.42 Å². The molecular weight excluding hydrogens is 324 g/mol. The van der Waals surface area contributed by atoms with Crippen molar-refractivity contribution in [1.29, 1.82) is 0 Å². The molecule has 0 spiro atoms. The van der Waals surface area contributed by atoms with Gasteiger partial charge in [0.05, 0.1) is 5.02 Å². The molecule has 0 radical (unpaired) electrons. The van der Waals surface area contributed by atoms with E-state index in [-0.39, 0.29) is 17.6 Å². The van der Waals surface area contributed by atoms with Gasteiger partial charge < -0.3 is 9.42 Å². The van der Waals surface area contributed by atoms with Gasteiger partial charge in [0.25, 0.3) is 5.91 Å². The molecule has 24 heavy (non-hydrogen) atoms. The average Bonchev–Trinajstić information content (AvgIpc) is 3.18. The molecule has 5 heteroatoms. The fraction of sp³-hybridized carbons (Fsp3) is 0.158. The van der Waals surface area contributed by atoms with Crippen LogP contribution in [0.15, 0.2) is 59.1 Å². The molecule has 1 amide bonds. The highest BCUT2D eigenvalue weighted by atomic mass is 35.5. The van der Waals surface area contributed by atoms with Crippen molar-refractivity contribution in [3.05, 3.63) is 70.9 Å². The number of para-hydroxylation sites is 1. The molecule has 1 unspecified atom stereocenters. The summed E-state index contributed by atoms with van der Waals surface area (Å²) in [5, 5.41) is 4.52. The number of carbonyl (C=O) groups excluding carboxylic acids is 1. The fourth-order valence-corrected chi connectivity index (χ4v) is 3.39. The largest absolute Gasteiger partial charge is 0.355 e. The molecule has 2 heterocycles. The zero-order valence-electron chi connectivity index (χ0n) is 13.1. The van der Waals surface area contributed by atoms with Crippen LogP contribution in [0.1, 0.15) is 23.0 Å². The number of rotatable bonds is 2. The third-order valence-corrected chi connectivity index (χ3v) is 4.62. The maximum absolute atomic E-state index is 12.9. The second-order valence-corrected chi connectivity index (χ2v) is 6.32. The van der Waals surface area contributed by atoms with Gasteiger partial charge in [-0.25, -0.2) is 0 Å². The zero-order valence-corrected chi connectivity index (χ0v) is 13.8. The van der Waals surface area contributed by atoms with Gasteiger partial charge in [-0.15, -0.1) is 0 Å². The first-order valence-corrected chi connectivity index (χ1v) is 8.16. The van der Waals surface area contributed by atoms with Crippen LogP contribution >= 0.6 is 11.6 Å². The second kappa shape index (κ2) is 5.80. The zero-order chi connectivity index (χ0) is 16.7. The van der Waals surface area contributed by atoms with E-state index in [1.807, 2.05) is 43.3 Å². The lowest BCUT2D eigenvalue weighted by Crippen LogP contribution is -2.35. The monoisotopic (exact) mass is 338 g/mol. The number of halogens is 1. The predicted molar refractivity (Wildman–Crippen MR) is 93.4 cm³/mol. The van der Waals surface area contributed by atoms with E-state index in [2.05, 4.69) is 11.2 Å². The topological polar surface area (TPSA) is 46.3 Å². The van der Waals surface area contributed by atoms with Gasteiger partial charge >= 0.3 is 0 Å². The van der Waals surface area contributed by atoms with Crippen molar-refractivity contribution in [2.75, 3.05) is 4.90 Å². The number of fused-ring (bicyclic) bond motifs is 1. The Morgan fingerprint density at radius 3 is 2.79 bits per heavy atom. The van der Waals surface area contributed by atoms with Crippen LogP contribution in [0.3, 0.4) is 0 Å². The summed E-state index contributed by atoms with van der Waals surface area (Å²) in [5.41, 5.74) is 3.12. The minimum atomic E-state index is -0.158. The van der Waals surface area contributed by atoms with Crippen LogP contribution in [0.5, 0.6) is 0 Å². The smallest absolute Gasteiger partial charge is 0.280 e. The molecule has 4 rings (SSSR count). The molecule has 0 N–H and O–H groups in total. The summed E-state index contributed by atoms with van der Waals surface area (Å²) in [4.78, 5) is 14.7. The molecule has 120 valence electrons. The van der Waals surface area contributed by atoms with Crippen LogP contribution in [-0.4, -0.2) is 17.1 Å². The van der Waals surface area contributed by atoms with Gasteiger partial charge in [-0.05, 0) is 37.1 Å². The minimum Gasteiger partial charge on any atom is -0.355 e. The average molecular weight is 339 g/mol. The Bertz CT molecular complexity index is 919. The Morgan fingerprint density at radius 1 is 1.21 bits per heavy atom. The van der Waals surface area contributed by atoms with Crippen LogP contribution in [0.4, 0.5) is 5.69 Å². The van der Waals surface area contributed by atoms with E-state index in [4.69, 9.17) is 16.1 Å². The van der Waals surface area contributed by atoms with Crippen molar-refractivity contribution in [2.45, 2.75) is 19.4 Å². The molecule has 1 aliphatic rings. The molecule has 0 saturated heterocycles. The van der Waals surface area contributed by atoms with Gasteiger partial charge in [0.2, 0.25) is 0 Å². The second-order valence-electron chi connectivity index (χ2n) is 5.91. The normalized spacial score (nSPS) is 16.2. The van der Waals surface area contributed by atoms with Gasteiger partial charge in [0, 0.05) is 23.4 Å². The molecule has 1 aromatic heterocycles. The van der Waals surface area contributed by atoms with Gasteiger partial charge in [0.15, 0.2) is 11.5 Å². The van der Waals surface area contributed by atoms with Gasteiger partial charge in [-0.2, -0.15) is 0 Å². The lowest BCUT2D eigenvalue weighted by atomic mass is 10.1. The Hall–Kier alpha value is -2.59. The summed E-state index contributed by atoms with van der Waals surface area (Å²) >= 11 is 6.18. The molecule has 0 bridgehead atoms. The van der Waals surface area contributed by atoms with Crippen LogP contribution in [0, 0.1) is 0 Å². The summed E-state index contributed by atoms with van der Waals surface area (Å²) in [6.45, 7) is 2.03. The molecule has 1 atom stereocenters. The number of nitrogens with zero attached hydrogens (tertiary/aromatic N) is 2. The predicted octanol–water partition coefficient (Wildman–Crippen LogP) is 4.59. The summed E-state index contributed by atoms with van der Waals surface area (Å²) in [6, 6.07) is 17.0. The first-order chi connectivity index (χ1) is 11.6. The maximum Gasteiger partial charge on any atom is 0.280 e. The van der Waals surface area contributed by atoms with Crippen LogP contribution in [0.2, 0.25) is 5.02 Å². The first-order valence-electron chi connectivity index (χ1n) is 7.78. The summed E-state index contributed by atoms with van der Waals surface area (Å²) in [6.07, 6.45) is 0.844. The standard InChI is InChI=1S/C19H15ClN2O2/c1-12-10-13-6-2-5-9-17(13)22(12)19(23)16-11-18(24-21-16)14-7-3-4-8-15(14)20/h2-9,11-12H,10H2,1H3. The van der Waals surface area contributed by atoms with Crippen molar-refractivity contribution in [3.8, 4) is 11.3 Å². The van der Waals surface area contributed by atoms with Crippen molar-refractivity contribution in [3.63, 3.8) is 0 Å².